The molecule has 0 saturated heterocycles. The number of rotatable bonds is 5. The summed E-state index contributed by atoms with van der Waals surface area (Å²) in [5, 5.41) is 14.7. The summed E-state index contributed by atoms with van der Waals surface area (Å²) in [4.78, 5) is 21.7. The smallest absolute Gasteiger partial charge is 0.341 e. The van der Waals surface area contributed by atoms with E-state index >= 15 is 0 Å². The number of hydrogen-bond donors (Lipinski definition) is 0. The third kappa shape index (κ3) is 3.19. The maximum Gasteiger partial charge on any atom is 0.341 e. The predicted molar refractivity (Wildman–Crippen MR) is 70.4 cm³/mol. The maximum atomic E-state index is 11.5. The molecule has 1 aromatic heterocycles. The van der Waals surface area contributed by atoms with E-state index in [2.05, 4.69) is 5.10 Å². The highest BCUT2D eigenvalue weighted by molar-refractivity contribution is 5.88. The van der Waals surface area contributed by atoms with Crippen LogP contribution in [0.2, 0.25) is 0 Å². The molecule has 0 N–H and O–H groups in total. The molecule has 0 spiro atoms. The molecule has 0 bridgehead atoms. The van der Waals surface area contributed by atoms with Crippen LogP contribution in [0.25, 0.3) is 0 Å². The molecule has 0 amide bonds. The molecule has 0 unspecified atom stereocenters. The third-order valence-corrected chi connectivity index (χ3v) is 2.61. The van der Waals surface area contributed by atoms with E-state index in [1.807, 2.05) is 0 Å². The van der Waals surface area contributed by atoms with Crippen LogP contribution in [0.1, 0.15) is 22.8 Å². The summed E-state index contributed by atoms with van der Waals surface area (Å²) >= 11 is 0. The average molecular weight is 275 g/mol. The topological polar surface area (TPSA) is 87.3 Å². The quantitative estimate of drug-likeness (QED) is 0.473. The van der Waals surface area contributed by atoms with Gasteiger partial charge in [0.2, 0.25) is 0 Å². The van der Waals surface area contributed by atoms with Crippen LogP contribution in [0.3, 0.4) is 0 Å². The number of carbonyl (C=O) groups excluding carboxylic acids is 1. The first-order valence-corrected chi connectivity index (χ1v) is 6.03. The zero-order chi connectivity index (χ0) is 14.5. The van der Waals surface area contributed by atoms with Crippen molar-refractivity contribution in [3.05, 3.63) is 57.9 Å². The number of non-ortho nitro benzene ring substituents is 1. The number of esters is 1. The molecule has 1 aromatic carbocycles. The van der Waals surface area contributed by atoms with Gasteiger partial charge in [0.25, 0.3) is 5.69 Å². The molecule has 0 fully saturated rings. The number of hydrogen-bond acceptors (Lipinski definition) is 5. The molecule has 2 rings (SSSR count). The number of benzene rings is 1. The Labute approximate surface area is 114 Å². The molecule has 0 aliphatic carbocycles. The summed E-state index contributed by atoms with van der Waals surface area (Å²) in [7, 11) is 0. The van der Waals surface area contributed by atoms with Gasteiger partial charge in [-0.25, -0.2) is 4.79 Å². The molecule has 20 heavy (non-hydrogen) atoms. The zero-order valence-electron chi connectivity index (χ0n) is 10.9. The van der Waals surface area contributed by atoms with Gasteiger partial charge in [0, 0.05) is 18.3 Å². The molecular weight excluding hydrogens is 262 g/mol. The Morgan fingerprint density at radius 3 is 3.00 bits per heavy atom. The lowest BCUT2D eigenvalue weighted by atomic mass is 10.2. The Balaban J connectivity index is 2.12. The van der Waals surface area contributed by atoms with Gasteiger partial charge in [-0.05, 0) is 12.5 Å². The number of nitro groups is 1. The van der Waals surface area contributed by atoms with Crippen molar-refractivity contribution in [2.75, 3.05) is 6.61 Å². The first-order chi connectivity index (χ1) is 9.60. The Bertz CT molecular complexity index is 636. The van der Waals surface area contributed by atoms with Gasteiger partial charge in [0.1, 0.15) is 0 Å². The molecule has 7 nitrogen and oxygen atoms in total. The van der Waals surface area contributed by atoms with E-state index in [-0.39, 0.29) is 5.69 Å². The van der Waals surface area contributed by atoms with Gasteiger partial charge in [-0.15, -0.1) is 0 Å². The molecule has 2 aromatic rings. The van der Waals surface area contributed by atoms with Gasteiger partial charge < -0.3 is 4.74 Å². The van der Waals surface area contributed by atoms with Crippen molar-refractivity contribution >= 4 is 11.7 Å². The summed E-state index contributed by atoms with van der Waals surface area (Å²) in [5.41, 5.74) is 1.12. The molecule has 7 heteroatoms. The van der Waals surface area contributed by atoms with Gasteiger partial charge in [-0.1, -0.05) is 12.1 Å². The number of nitrogens with zero attached hydrogens (tertiary/aromatic N) is 3. The minimum atomic E-state index is -0.448. The van der Waals surface area contributed by atoms with Crippen LogP contribution in [0, 0.1) is 10.1 Å². The van der Waals surface area contributed by atoms with Crippen LogP contribution < -0.4 is 0 Å². The maximum absolute atomic E-state index is 11.5. The fraction of sp³-hybridized carbons (Fsp3) is 0.231. The van der Waals surface area contributed by atoms with E-state index in [1.54, 1.807) is 25.3 Å². The number of aromatic nitrogens is 2. The lowest BCUT2D eigenvalue weighted by molar-refractivity contribution is -0.384. The molecule has 0 aliphatic heterocycles. The minimum Gasteiger partial charge on any atom is -0.462 e. The van der Waals surface area contributed by atoms with Crippen molar-refractivity contribution in [1.29, 1.82) is 0 Å². The van der Waals surface area contributed by atoms with Crippen LogP contribution in [-0.2, 0) is 11.3 Å². The summed E-state index contributed by atoms with van der Waals surface area (Å²) in [6.07, 6.45) is 2.96. The first-order valence-electron chi connectivity index (χ1n) is 6.03. The Hall–Kier alpha value is -2.70. The van der Waals surface area contributed by atoms with Crippen molar-refractivity contribution in [2.45, 2.75) is 13.5 Å². The van der Waals surface area contributed by atoms with Gasteiger partial charge >= 0.3 is 5.97 Å². The van der Waals surface area contributed by atoms with Crippen molar-refractivity contribution in [2.24, 2.45) is 0 Å². The molecule has 1 heterocycles. The number of ether oxygens (including phenoxy) is 1. The first kappa shape index (κ1) is 13.7. The standard InChI is InChI=1S/C13H13N3O4/c1-2-20-13(17)11-7-14-15(9-11)8-10-4-3-5-12(6-10)16(18)19/h3-7,9H,2,8H2,1H3. The van der Waals surface area contributed by atoms with Gasteiger partial charge in [-0.3, -0.25) is 14.8 Å². The van der Waals surface area contributed by atoms with Crippen LogP contribution >= 0.6 is 0 Å². The highest BCUT2D eigenvalue weighted by atomic mass is 16.6. The van der Waals surface area contributed by atoms with Crippen molar-refractivity contribution < 1.29 is 14.5 Å². The van der Waals surface area contributed by atoms with Gasteiger partial charge in [-0.2, -0.15) is 5.10 Å². The Morgan fingerprint density at radius 1 is 1.50 bits per heavy atom. The van der Waals surface area contributed by atoms with Crippen LogP contribution in [0.4, 0.5) is 5.69 Å². The monoisotopic (exact) mass is 275 g/mol. The average Bonchev–Trinajstić information content (AvgIpc) is 2.88. The van der Waals surface area contributed by atoms with E-state index in [0.717, 1.165) is 5.56 Å². The van der Waals surface area contributed by atoms with E-state index in [1.165, 1.54) is 23.0 Å². The Kier molecular flexibility index (Phi) is 4.09. The van der Waals surface area contributed by atoms with Crippen LogP contribution in [-0.4, -0.2) is 27.3 Å². The van der Waals surface area contributed by atoms with E-state index in [9.17, 15) is 14.9 Å². The number of nitro benzene ring substituents is 1. The second kappa shape index (κ2) is 5.96. The Morgan fingerprint density at radius 2 is 2.30 bits per heavy atom. The van der Waals surface area contributed by atoms with Crippen molar-refractivity contribution in [3.63, 3.8) is 0 Å². The highest BCUT2D eigenvalue weighted by Gasteiger charge is 2.10. The second-order valence-corrected chi connectivity index (χ2v) is 4.07. The normalized spacial score (nSPS) is 10.2. The van der Waals surface area contributed by atoms with Crippen LogP contribution in [0.15, 0.2) is 36.7 Å². The minimum absolute atomic E-state index is 0.0280. The van der Waals surface area contributed by atoms with Crippen LogP contribution in [0.5, 0.6) is 0 Å². The van der Waals surface area contributed by atoms with E-state index < -0.39 is 10.9 Å². The molecule has 0 aliphatic rings. The summed E-state index contributed by atoms with van der Waals surface area (Å²) in [6.45, 7) is 2.38. The van der Waals surface area contributed by atoms with Crippen molar-refractivity contribution in [1.82, 2.24) is 9.78 Å². The highest BCUT2D eigenvalue weighted by Crippen LogP contribution is 2.14. The summed E-state index contributed by atoms with van der Waals surface area (Å²) in [5.74, 6) is -0.433. The lowest BCUT2D eigenvalue weighted by Crippen LogP contribution is -2.04. The molecule has 0 saturated carbocycles. The van der Waals surface area contributed by atoms with Gasteiger partial charge in [0.15, 0.2) is 0 Å². The fourth-order valence-electron chi connectivity index (χ4n) is 1.73. The lowest BCUT2D eigenvalue weighted by Gasteiger charge is -2.01. The fourth-order valence-corrected chi connectivity index (χ4v) is 1.73. The number of carbonyl (C=O) groups is 1. The molecule has 0 atom stereocenters. The largest absolute Gasteiger partial charge is 0.462 e. The summed E-state index contributed by atoms with van der Waals surface area (Å²) < 4.78 is 6.39. The zero-order valence-corrected chi connectivity index (χ0v) is 10.9. The second-order valence-electron chi connectivity index (χ2n) is 4.07. The van der Waals surface area contributed by atoms with E-state index in [4.69, 9.17) is 4.74 Å². The van der Waals surface area contributed by atoms with Crippen molar-refractivity contribution in [3.8, 4) is 0 Å². The SMILES string of the molecule is CCOC(=O)c1cnn(Cc2cccc([N+](=O)[O-])c2)c1. The third-order valence-electron chi connectivity index (χ3n) is 2.61. The molecule has 0 radical (unpaired) electrons. The van der Waals surface area contributed by atoms with E-state index in [0.29, 0.717) is 18.7 Å². The predicted octanol–water partition coefficient (Wildman–Crippen LogP) is 2.02. The summed E-state index contributed by atoms with van der Waals surface area (Å²) in [6, 6.07) is 6.28. The molecular formula is C13H13N3O4. The van der Waals surface area contributed by atoms with Gasteiger partial charge in [0.05, 0.1) is 29.8 Å². The molecule has 104 valence electrons.